The molecule has 0 bridgehead atoms. The molecule has 4 rings (SSSR count). The van der Waals surface area contributed by atoms with Crippen LogP contribution in [0.1, 0.15) is 10.4 Å². The van der Waals surface area contributed by atoms with Crippen molar-refractivity contribution < 1.29 is 27.8 Å². The van der Waals surface area contributed by atoms with E-state index in [4.69, 9.17) is 16.3 Å². The first-order valence-electron chi connectivity index (χ1n) is 10.1. The average molecular weight is 483 g/mol. The van der Waals surface area contributed by atoms with Gasteiger partial charge in [0, 0.05) is 21.7 Å². The molecule has 1 amide bonds. The average Bonchev–Trinajstić information content (AvgIpc) is 2.83. The second-order valence-corrected chi connectivity index (χ2v) is 7.49. The number of carbonyl (C=O) groups is 2. The highest BCUT2D eigenvalue weighted by Gasteiger charge is 2.17. The number of halogens is 3. The third kappa shape index (κ3) is 5.47. The van der Waals surface area contributed by atoms with Gasteiger partial charge in [-0.15, -0.1) is 0 Å². The number of hydrogen-bond donors (Lipinski definition) is 1. The molecule has 0 aliphatic heterocycles. The number of esters is 1. The number of amides is 1. The van der Waals surface area contributed by atoms with E-state index in [1.165, 1.54) is 24.3 Å². The van der Waals surface area contributed by atoms with Gasteiger partial charge < -0.3 is 14.8 Å². The number of rotatable bonds is 7. The van der Waals surface area contributed by atoms with Crippen LogP contribution in [0, 0.1) is 0 Å². The number of alkyl halides is 2. The van der Waals surface area contributed by atoms with E-state index in [-0.39, 0.29) is 11.3 Å². The Labute approximate surface area is 198 Å². The predicted octanol–water partition coefficient (Wildman–Crippen LogP) is 5.95. The number of pyridine rings is 1. The van der Waals surface area contributed by atoms with Crippen LogP contribution in [0.15, 0.2) is 78.9 Å². The first-order chi connectivity index (χ1) is 16.4. The Hall–Kier alpha value is -4.04. The second kappa shape index (κ2) is 10.3. The van der Waals surface area contributed by atoms with Crippen LogP contribution in [0.2, 0.25) is 5.02 Å². The fraction of sp³-hybridized carbons (Fsp3) is 0.0800. The number of nitrogens with zero attached hydrogens (tertiary/aromatic N) is 1. The summed E-state index contributed by atoms with van der Waals surface area (Å²) in [5.41, 5.74) is 2.29. The van der Waals surface area contributed by atoms with Crippen LogP contribution in [-0.4, -0.2) is 30.1 Å². The topological polar surface area (TPSA) is 77.5 Å². The molecule has 3 aromatic carbocycles. The first-order valence-corrected chi connectivity index (χ1v) is 10.4. The van der Waals surface area contributed by atoms with Gasteiger partial charge in [0.15, 0.2) is 6.61 Å². The van der Waals surface area contributed by atoms with Gasteiger partial charge in [0.2, 0.25) is 0 Å². The van der Waals surface area contributed by atoms with Gasteiger partial charge in [-0.25, -0.2) is 9.78 Å². The second-order valence-electron chi connectivity index (χ2n) is 7.08. The summed E-state index contributed by atoms with van der Waals surface area (Å²) in [4.78, 5) is 29.7. The third-order valence-electron chi connectivity index (χ3n) is 4.78. The molecule has 9 heteroatoms. The SMILES string of the molecule is O=C(COC(=O)c1cc(-c2ccccc2Cl)nc2ccccc12)Nc1ccc(OC(F)F)cc1. The minimum atomic E-state index is -2.94. The number of anilines is 1. The smallest absolute Gasteiger partial charge is 0.387 e. The molecule has 1 heterocycles. The number of benzene rings is 3. The monoisotopic (exact) mass is 482 g/mol. The van der Waals surface area contributed by atoms with Crippen LogP contribution in [0.5, 0.6) is 5.75 Å². The first kappa shape index (κ1) is 23.1. The summed E-state index contributed by atoms with van der Waals surface area (Å²) in [7, 11) is 0. The summed E-state index contributed by atoms with van der Waals surface area (Å²) >= 11 is 6.30. The van der Waals surface area contributed by atoms with Crippen molar-refractivity contribution in [3.8, 4) is 17.0 Å². The molecule has 6 nitrogen and oxygen atoms in total. The highest BCUT2D eigenvalue weighted by atomic mass is 35.5. The lowest BCUT2D eigenvalue weighted by molar-refractivity contribution is -0.119. The number of ether oxygens (including phenoxy) is 2. The van der Waals surface area contributed by atoms with Crippen LogP contribution in [-0.2, 0) is 9.53 Å². The molecule has 0 fully saturated rings. The van der Waals surface area contributed by atoms with Gasteiger partial charge >= 0.3 is 12.6 Å². The maximum absolute atomic E-state index is 12.9. The molecule has 0 saturated heterocycles. The van der Waals surface area contributed by atoms with Crippen molar-refractivity contribution in [2.45, 2.75) is 6.61 Å². The van der Waals surface area contributed by atoms with E-state index < -0.39 is 25.1 Å². The summed E-state index contributed by atoms with van der Waals surface area (Å²) in [5, 5.41) is 3.57. The van der Waals surface area contributed by atoms with Gasteiger partial charge in [-0.3, -0.25) is 4.79 Å². The number of hydrogen-bond acceptors (Lipinski definition) is 5. The molecule has 0 saturated carbocycles. The van der Waals surface area contributed by atoms with E-state index in [1.54, 1.807) is 48.5 Å². The van der Waals surface area contributed by atoms with Crippen LogP contribution in [0.3, 0.4) is 0 Å². The molecule has 0 atom stereocenters. The van der Waals surface area contributed by atoms with E-state index in [1.807, 2.05) is 6.07 Å². The fourth-order valence-corrected chi connectivity index (χ4v) is 3.51. The Morgan fingerprint density at radius 3 is 2.41 bits per heavy atom. The number of nitrogens with one attached hydrogen (secondary N) is 1. The quantitative estimate of drug-likeness (QED) is 0.329. The van der Waals surface area contributed by atoms with Crippen LogP contribution in [0.25, 0.3) is 22.2 Å². The minimum Gasteiger partial charge on any atom is -0.452 e. The van der Waals surface area contributed by atoms with E-state index >= 15 is 0 Å². The van der Waals surface area contributed by atoms with E-state index in [2.05, 4.69) is 15.0 Å². The van der Waals surface area contributed by atoms with Gasteiger partial charge in [-0.2, -0.15) is 8.78 Å². The van der Waals surface area contributed by atoms with Crippen molar-refractivity contribution in [3.63, 3.8) is 0 Å². The van der Waals surface area contributed by atoms with Crippen LogP contribution < -0.4 is 10.1 Å². The Bertz CT molecular complexity index is 1350. The molecule has 1 N–H and O–H groups in total. The van der Waals surface area contributed by atoms with Crippen molar-refractivity contribution >= 4 is 40.1 Å². The summed E-state index contributed by atoms with van der Waals surface area (Å²) < 4.78 is 34.0. The zero-order chi connectivity index (χ0) is 24.1. The number of fused-ring (bicyclic) bond motifs is 1. The normalized spacial score (nSPS) is 10.8. The number of para-hydroxylation sites is 1. The number of aromatic nitrogens is 1. The molecule has 34 heavy (non-hydrogen) atoms. The lowest BCUT2D eigenvalue weighted by Crippen LogP contribution is -2.21. The highest BCUT2D eigenvalue weighted by molar-refractivity contribution is 6.33. The van der Waals surface area contributed by atoms with E-state index in [0.717, 1.165) is 0 Å². The van der Waals surface area contributed by atoms with Crippen molar-refractivity contribution in [2.75, 3.05) is 11.9 Å². The maximum atomic E-state index is 12.9. The van der Waals surface area contributed by atoms with Gasteiger partial charge in [-0.1, -0.05) is 48.0 Å². The largest absolute Gasteiger partial charge is 0.452 e. The zero-order valence-electron chi connectivity index (χ0n) is 17.5. The lowest BCUT2D eigenvalue weighted by atomic mass is 10.0. The Balaban J connectivity index is 1.49. The maximum Gasteiger partial charge on any atom is 0.387 e. The zero-order valence-corrected chi connectivity index (χ0v) is 18.3. The van der Waals surface area contributed by atoms with Crippen molar-refractivity contribution in [1.82, 2.24) is 4.98 Å². The minimum absolute atomic E-state index is 0.0432. The van der Waals surface area contributed by atoms with E-state index in [0.29, 0.717) is 32.9 Å². The molecule has 0 radical (unpaired) electrons. The van der Waals surface area contributed by atoms with Gasteiger partial charge in [0.05, 0.1) is 16.8 Å². The van der Waals surface area contributed by atoms with Crippen molar-refractivity contribution in [3.05, 3.63) is 89.4 Å². The Morgan fingerprint density at radius 2 is 1.68 bits per heavy atom. The molecule has 1 aromatic heterocycles. The predicted molar refractivity (Wildman–Crippen MR) is 124 cm³/mol. The fourth-order valence-electron chi connectivity index (χ4n) is 3.28. The molecular formula is C25H17ClF2N2O4. The molecule has 172 valence electrons. The molecule has 4 aromatic rings. The number of carbonyl (C=O) groups excluding carboxylic acids is 2. The lowest BCUT2D eigenvalue weighted by Gasteiger charge is -2.11. The third-order valence-corrected chi connectivity index (χ3v) is 5.11. The summed E-state index contributed by atoms with van der Waals surface area (Å²) in [6.45, 7) is -3.49. The summed E-state index contributed by atoms with van der Waals surface area (Å²) in [5.74, 6) is -1.35. The Morgan fingerprint density at radius 1 is 0.971 bits per heavy atom. The van der Waals surface area contributed by atoms with Gasteiger partial charge in [0.25, 0.3) is 5.91 Å². The standard InChI is InChI=1S/C25H17ClF2N2O4/c26-20-7-3-1-6-18(20)22-13-19(17-5-2-4-8-21(17)30-22)24(32)33-14-23(31)29-15-9-11-16(12-10-15)34-25(27)28/h1-13,25H,14H2,(H,29,31). The van der Waals surface area contributed by atoms with Gasteiger partial charge in [-0.05, 0) is 42.5 Å². The van der Waals surface area contributed by atoms with E-state index in [9.17, 15) is 18.4 Å². The van der Waals surface area contributed by atoms with Gasteiger partial charge in [0.1, 0.15) is 5.75 Å². The molecule has 0 unspecified atom stereocenters. The molecular weight excluding hydrogens is 466 g/mol. The highest BCUT2D eigenvalue weighted by Crippen LogP contribution is 2.30. The summed E-state index contributed by atoms with van der Waals surface area (Å²) in [6.07, 6.45) is 0. The molecule has 0 spiro atoms. The molecule has 0 aliphatic rings. The van der Waals surface area contributed by atoms with Crippen LogP contribution in [0.4, 0.5) is 14.5 Å². The summed E-state index contributed by atoms with van der Waals surface area (Å²) in [6, 6.07) is 21.1. The molecule has 0 aliphatic carbocycles. The van der Waals surface area contributed by atoms with Crippen LogP contribution >= 0.6 is 11.6 Å². The van der Waals surface area contributed by atoms with Crippen molar-refractivity contribution in [1.29, 1.82) is 0 Å². The Kier molecular flexibility index (Phi) is 6.98. The van der Waals surface area contributed by atoms with Crippen molar-refractivity contribution in [2.24, 2.45) is 0 Å².